The monoisotopic (exact) mass is 451 g/mol. The number of hydrogen-bond donors (Lipinski definition) is 1. The van der Waals surface area contributed by atoms with Gasteiger partial charge < -0.3 is 19.9 Å². The molecule has 2 heterocycles. The number of benzene rings is 2. The topological polar surface area (TPSA) is 70.6 Å². The Morgan fingerprint density at radius 3 is 2.81 bits per heavy atom. The summed E-state index contributed by atoms with van der Waals surface area (Å²) in [5.74, 6) is 1.64. The number of amides is 2. The molecule has 1 atom stereocenters. The number of methoxy groups -OCH3 is 1. The van der Waals surface area contributed by atoms with Crippen LogP contribution < -0.4 is 15.0 Å². The summed E-state index contributed by atoms with van der Waals surface area (Å²) in [6.45, 7) is 8.27. The lowest BCUT2D eigenvalue weighted by molar-refractivity contribution is 0.185. The van der Waals surface area contributed by atoms with Gasteiger partial charge in [-0.15, -0.1) is 0 Å². The summed E-state index contributed by atoms with van der Waals surface area (Å²) >= 11 is 1.42. The van der Waals surface area contributed by atoms with Gasteiger partial charge >= 0.3 is 6.03 Å². The second kappa shape index (κ2) is 9.56. The Labute approximate surface area is 193 Å². The van der Waals surface area contributed by atoms with E-state index in [9.17, 15) is 4.79 Å². The van der Waals surface area contributed by atoms with Gasteiger partial charge in [-0.05, 0) is 55.7 Å². The van der Waals surface area contributed by atoms with Crippen LogP contribution in [0.15, 0.2) is 42.5 Å². The van der Waals surface area contributed by atoms with Crippen LogP contribution in [0.25, 0.3) is 0 Å². The minimum absolute atomic E-state index is 0.0539. The van der Waals surface area contributed by atoms with E-state index in [2.05, 4.69) is 40.6 Å². The molecule has 1 saturated heterocycles. The van der Waals surface area contributed by atoms with Crippen LogP contribution in [0.4, 0.5) is 15.6 Å². The molecule has 32 heavy (non-hydrogen) atoms. The summed E-state index contributed by atoms with van der Waals surface area (Å²) in [7, 11) is 1.67. The van der Waals surface area contributed by atoms with E-state index in [1.165, 1.54) is 17.1 Å². The van der Waals surface area contributed by atoms with E-state index in [4.69, 9.17) is 9.72 Å². The summed E-state index contributed by atoms with van der Waals surface area (Å²) in [4.78, 5) is 21.8. The van der Waals surface area contributed by atoms with Gasteiger partial charge in [0, 0.05) is 49.3 Å². The first-order valence-electron chi connectivity index (χ1n) is 10.8. The number of ether oxygens (including phenoxy) is 1. The number of hydrogen-bond acceptors (Lipinski definition) is 6. The number of rotatable bonds is 5. The van der Waals surface area contributed by atoms with Gasteiger partial charge in [-0.25, -0.2) is 9.78 Å². The molecule has 1 fully saturated rings. The zero-order valence-electron chi connectivity index (χ0n) is 19.0. The summed E-state index contributed by atoms with van der Waals surface area (Å²) in [6.07, 6.45) is 0.668. The first-order valence-corrected chi connectivity index (χ1v) is 11.6. The van der Waals surface area contributed by atoms with E-state index in [1.54, 1.807) is 7.11 Å². The number of nitrogens with one attached hydrogen (secondary N) is 1. The van der Waals surface area contributed by atoms with Crippen molar-refractivity contribution in [3.8, 4) is 5.75 Å². The molecular weight excluding hydrogens is 422 g/mol. The van der Waals surface area contributed by atoms with E-state index < -0.39 is 0 Å². The predicted molar refractivity (Wildman–Crippen MR) is 129 cm³/mol. The first kappa shape index (κ1) is 22.1. The second-order valence-corrected chi connectivity index (χ2v) is 8.92. The van der Waals surface area contributed by atoms with E-state index in [-0.39, 0.29) is 12.1 Å². The molecule has 1 aliphatic rings. The zero-order valence-corrected chi connectivity index (χ0v) is 19.8. The lowest BCUT2D eigenvalue weighted by Crippen LogP contribution is -2.55. The summed E-state index contributed by atoms with van der Waals surface area (Å²) < 4.78 is 9.85. The molecule has 2 amide bonds. The summed E-state index contributed by atoms with van der Waals surface area (Å²) in [5.41, 5.74) is 4.26. The Hall–Kier alpha value is -3.13. The molecule has 2 aromatic carbocycles. The summed E-state index contributed by atoms with van der Waals surface area (Å²) in [5, 5.41) is 3.99. The highest BCUT2D eigenvalue weighted by Crippen LogP contribution is 2.24. The lowest BCUT2D eigenvalue weighted by Gasteiger charge is -2.39. The van der Waals surface area contributed by atoms with Crippen LogP contribution in [-0.2, 0) is 6.42 Å². The number of urea groups is 1. The molecule has 4 rings (SSSR count). The maximum atomic E-state index is 12.9. The highest BCUT2D eigenvalue weighted by Gasteiger charge is 2.29. The van der Waals surface area contributed by atoms with Gasteiger partial charge in [0.05, 0.1) is 7.11 Å². The van der Waals surface area contributed by atoms with Crippen molar-refractivity contribution in [2.45, 2.75) is 33.2 Å². The predicted octanol–water partition coefficient (Wildman–Crippen LogP) is 4.50. The van der Waals surface area contributed by atoms with Crippen molar-refractivity contribution in [2.75, 3.05) is 37.0 Å². The molecule has 3 aromatic rings. The van der Waals surface area contributed by atoms with Gasteiger partial charge in [0.2, 0.25) is 5.13 Å². The maximum absolute atomic E-state index is 12.9. The minimum atomic E-state index is -0.0539. The Morgan fingerprint density at radius 1 is 1.22 bits per heavy atom. The maximum Gasteiger partial charge on any atom is 0.322 e. The molecule has 0 saturated carbocycles. The lowest BCUT2D eigenvalue weighted by atomic mass is 10.1. The number of carbonyl (C=O) groups excluding carboxylic acids is 1. The smallest absolute Gasteiger partial charge is 0.322 e. The molecule has 1 aliphatic heterocycles. The van der Waals surface area contributed by atoms with Crippen molar-refractivity contribution in [2.24, 2.45) is 0 Å². The van der Waals surface area contributed by atoms with Crippen LogP contribution >= 0.6 is 11.5 Å². The molecule has 0 radical (unpaired) electrons. The molecule has 0 spiro atoms. The number of nitrogens with zero attached hydrogens (tertiary/aromatic N) is 4. The molecule has 1 N–H and O–H groups in total. The average molecular weight is 452 g/mol. The third-order valence-electron chi connectivity index (χ3n) is 5.96. The van der Waals surface area contributed by atoms with Crippen molar-refractivity contribution in [3.05, 3.63) is 65.0 Å². The third kappa shape index (κ3) is 4.85. The van der Waals surface area contributed by atoms with Crippen molar-refractivity contribution in [1.82, 2.24) is 14.3 Å². The van der Waals surface area contributed by atoms with E-state index >= 15 is 0 Å². The molecule has 0 aliphatic carbocycles. The van der Waals surface area contributed by atoms with E-state index in [1.807, 2.05) is 42.2 Å². The number of aromatic nitrogens is 2. The van der Waals surface area contributed by atoms with Crippen LogP contribution in [0.3, 0.4) is 0 Å². The number of aryl methyl sites for hydroxylation is 1. The average Bonchev–Trinajstić information content (AvgIpc) is 3.25. The van der Waals surface area contributed by atoms with Gasteiger partial charge in [0.25, 0.3) is 0 Å². The van der Waals surface area contributed by atoms with Gasteiger partial charge in [0.15, 0.2) is 0 Å². The minimum Gasteiger partial charge on any atom is -0.497 e. The Kier molecular flexibility index (Phi) is 6.60. The number of piperazine rings is 1. The fraction of sp³-hybridized carbons (Fsp3) is 0.375. The fourth-order valence-corrected chi connectivity index (χ4v) is 4.64. The molecule has 1 aromatic heterocycles. The number of anilines is 2. The van der Waals surface area contributed by atoms with Crippen molar-refractivity contribution in [3.63, 3.8) is 0 Å². The second-order valence-electron chi connectivity index (χ2n) is 8.19. The summed E-state index contributed by atoms with van der Waals surface area (Å²) in [6, 6.07) is 14.0. The van der Waals surface area contributed by atoms with E-state index in [0.29, 0.717) is 13.0 Å². The van der Waals surface area contributed by atoms with Gasteiger partial charge in [-0.2, -0.15) is 4.37 Å². The van der Waals surface area contributed by atoms with Crippen LogP contribution in [0.5, 0.6) is 5.75 Å². The largest absolute Gasteiger partial charge is 0.497 e. The SMILES string of the molecule is COc1cccc(Cc2nsc(N3CCN(C(=O)Nc4cccc(C)c4C)C(C)C3)n2)c1. The molecule has 0 bridgehead atoms. The highest BCUT2D eigenvalue weighted by atomic mass is 32.1. The van der Waals surface area contributed by atoms with Crippen molar-refractivity contribution < 1.29 is 9.53 Å². The van der Waals surface area contributed by atoms with Gasteiger partial charge in [-0.1, -0.05) is 24.3 Å². The van der Waals surface area contributed by atoms with Crippen LogP contribution in [-0.4, -0.2) is 53.1 Å². The fourth-order valence-electron chi connectivity index (χ4n) is 3.92. The standard InChI is InChI=1S/C24H29N5O2S/c1-16-7-5-10-21(18(16)3)25-23(30)29-12-11-28(15-17(29)2)24-26-22(27-32-24)14-19-8-6-9-20(13-19)31-4/h5-10,13,17H,11-12,14-15H2,1-4H3,(H,25,30). The Bertz CT molecular complexity index is 1100. The molecule has 168 valence electrons. The number of carbonyl (C=O) groups is 1. The molecule has 1 unspecified atom stereocenters. The van der Waals surface area contributed by atoms with Crippen LogP contribution in [0.1, 0.15) is 29.4 Å². The zero-order chi connectivity index (χ0) is 22.7. The van der Waals surface area contributed by atoms with Crippen LogP contribution in [0, 0.1) is 13.8 Å². The molecular formula is C24H29N5O2S. The van der Waals surface area contributed by atoms with Crippen molar-refractivity contribution in [1.29, 1.82) is 0 Å². The molecule has 7 nitrogen and oxygen atoms in total. The quantitative estimate of drug-likeness (QED) is 0.619. The van der Waals surface area contributed by atoms with Gasteiger partial charge in [-0.3, -0.25) is 0 Å². The Balaban J connectivity index is 1.37. The molecule has 8 heteroatoms. The first-order chi connectivity index (χ1) is 15.4. The van der Waals surface area contributed by atoms with Gasteiger partial charge in [0.1, 0.15) is 11.6 Å². The third-order valence-corrected chi connectivity index (χ3v) is 6.77. The normalized spacial score (nSPS) is 16.2. The van der Waals surface area contributed by atoms with Crippen LogP contribution in [0.2, 0.25) is 0 Å². The Morgan fingerprint density at radius 2 is 2.03 bits per heavy atom. The van der Waals surface area contributed by atoms with E-state index in [0.717, 1.165) is 46.6 Å². The van der Waals surface area contributed by atoms with Crippen molar-refractivity contribution >= 4 is 28.4 Å². The highest BCUT2D eigenvalue weighted by molar-refractivity contribution is 7.09.